The summed E-state index contributed by atoms with van der Waals surface area (Å²) in [5.74, 6) is 0.374. The van der Waals surface area contributed by atoms with E-state index < -0.39 is 5.41 Å². The number of hydrogen-bond acceptors (Lipinski definition) is 5. The van der Waals surface area contributed by atoms with Crippen molar-refractivity contribution < 1.29 is 19.5 Å². The van der Waals surface area contributed by atoms with E-state index in [2.05, 4.69) is 79.5 Å². The first-order valence-electron chi connectivity index (χ1n) is 14.3. The molecule has 1 saturated heterocycles. The summed E-state index contributed by atoms with van der Waals surface area (Å²) in [5.41, 5.74) is -1.33. The maximum atomic E-state index is 13.7. The van der Waals surface area contributed by atoms with Crippen molar-refractivity contribution in [1.29, 1.82) is 0 Å². The Labute approximate surface area is 216 Å². The highest BCUT2D eigenvalue weighted by molar-refractivity contribution is 5.79. The molecule has 1 heterocycles. The molecule has 1 saturated carbocycles. The molecule has 0 radical (unpaired) electrons. The van der Waals surface area contributed by atoms with E-state index in [1.54, 1.807) is 0 Å². The van der Waals surface area contributed by atoms with Crippen molar-refractivity contribution in [3.8, 4) is 0 Å². The van der Waals surface area contributed by atoms with E-state index in [1.807, 2.05) is 6.92 Å². The first kappa shape index (κ1) is 30.3. The number of rotatable bonds is 10. The first-order valence-corrected chi connectivity index (χ1v) is 14.3. The fourth-order valence-corrected chi connectivity index (χ4v) is 7.06. The predicted octanol–water partition coefficient (Wildman–Crippen LogP) is 7.08. The van der Waals surface area contributed by atoms with Crippen LogP contribution in [-0.2, 0) is 14.4 Å². The number of ether oxygens (including phenoxy) is 1. The van der Waals surface area contributed by atoms with Crippen LogP contribution in [0.2, 0.25) is 0 Å². The smallest absolute Gasteiger partial charge is 0.313 e. The summed E-state index contributed by atoms with van der Waals surface area (Å²) in [4.78, 5) is 20.8. The fraction of sp³-hybridized carbons (Fsp3) is 0.900. The highest BCUT2D eigenvalue weighted by Gasteiger charge is 2.61. The van der Waals surface area contributed by atoms with Gasteiger partial charge in [-0.05, 0) is 75.5 Å². The van der Waals surface area contributed by atoms with Gasteiger partial charge in [0.15, 0.2) is 0 Å². The van der Waals surface area contributed by atoms with Crippen LogP contribution in [0.15, 0.2) is 12.2 Å². The molecule has 0 aromatic heterocycles. The molecule has 204 valence electrons. The SMILES string of the molecule is CCOC(=O)C1(C(C)(C)C)CC(ON2C(CC)(CC)CC(O)CC2(CC)CC)CC1/C=C/C(C)C. The lowest BCUT2D eigenvalue weighted by Gasteiger charge is -2.58. The number of hydrogen-bond donors (Lipinski definition) is 1. The highest BCUT2D eigenvalue weighted by atomic mass is 16.7. The van der Waals surface area contributed by atoms with Crippen LogP contribution >= 0.6 is 0 Å². The van der Waals surface area contributed by atoms with E-state index in [-0.39, 0.29) is 40.6 Å². The Hall–Kier alpha value is -0.910. The minimum absolute atomic E-state index is 0.0552. The largest absolute Gasteiger partial charge is 0.466 e. The summed E-state index contributed by atoms with van der Waals surface area (Å²) >= 11 is 0. The summed E-state index contributed by atoms with van der Waals surface area (Å²) < 4.78 is 5.74. The molecule has 2 rings (SSSR count). The van der Waals surface area contributed by atoms with Crippen molar-refractivity contribution >= 4 is 5.97 Å². The molecule has 5 nitrogen and oxygen atoms in total. The van der Waals surface area contributed by atoms with E-state index in [9.17, 15) is 9.90 Å². The molecule has 1 aliphatic carbocycles. The molecule has 0 aromatic carbocycles. The van der Waals surface area contributed by atoms with Crippen LogP contribution in [0.5, 0.6) is 0 Å². The summed E-state index contributed by atoms with van der Waals surface area (Å²) in [5, 5.41) is 13.2. The Morgan fingerprint density at radius 2 is 1.51 bits per heavy atom. The van der Waals surface area contributed by atoms with E-state index in [0.29, 0.717) is 18.9 Å². The summed E-state index contributed by atoms with van der Waals surface area (Å²) in [6, 6.07) is 0. The van der Waals surface area contributed by atoms with Crippen LogP contribution in [0.3, 0.4) is 0 Å². The van der Waals surface area contributed by atoms with E-state index in [1.165, 1.54) is 0 Å². The Morgan fingerprint density at radius 3 is 1.91 bits per heavy atom. The third-order valence-corrected chi connectivity index (χ3v) is 9.39. The molecule has 35 heavy (non-hydrogen) atoms. The van der Waals surface area contributed by atoms with Crippen molar-refractivity contribution in [2.24, 2.45) is 22.7 Å². The van der Waals surface area contributed by atoms with Gasteiger partial charge in [-0.1, -0.05) is 74.5 Å². The van der Waals surface area contributed by atoms with Crippen molar-refractivity contribution in [3.63, 3.8) is 0 Å². The minimum atomic E-state index is -0.642. The first-order chi connectivity index (χ1) is 16.3. The van der Waals surface area contributed by atoms with Crippen LogP contribution in [0, 0.1) is 22.7 Å². The minimum Gasteiger partial charge on any atom is -0.466 e. The Bertz CT molecular complexity index is 694. The summed E-state index contributed by atoms with van der Waals surface area (Å²) in [6.07, 6.45) is 10.7. The number of aliphatic hydroxyl groups excluding tert-OH is 1. The molecule has 2 fully saturated rings. The number of carbonyl (C=O) groups is 1. The van der Waals surface area contributed by atoms with Gasteiger partial charge in [-0.3, -0.25) is 9.63 Å². The van der Waals surface area contributed by atoms with Gasteiger partial charge < -0.3 is 9.84 Å². The van der Waals surface area contributed by atoms with Crippen LogP contribution in [-0.4, -0.2) is 46.0 Å². The molecule has 3 atom stereocenters. The number of nitrogens with zero attached hydrogens (tertiary/aromatic N) is 1. The number of carbonyl (C=O) groups excluding carboxylic acids is 1. The zero-order valence-electron chi connectivity index (χ0n) is 24.4. The van der Waals surface area contributed by atoms with Crippen molar-refractivity contribution in [2.45, 2.75) is 144 Å². The summed E-state index contributed by atoms with van der Waals surface area (Å²) in [6.45, 7) is 22.0. The lowest BCUT2D eigenvalue weighted by molar-refractivity contribution is -0.332. The molecule has 0 aromatic rings. The average Bonchev–Trinajstić information content (AvgIpc) is 3.18. The monoisotopic (exact) mass is 493 g/mol. The molecule has 5 heteroatoms. The number of aliphatic hydroxyl groups is 1. The van der Waals surface area contributed by atoms with E-state index in [0.717, 1.165) is 44.9 Å². The molecule has 0 spiro atoms. The molecule has 0 bridgehead atoms. The molecule has 3 unspecified atom stereocenters. The second-order valence-electron chi connectivity index (χ2n) is 12.6. The number of esters is 1. The van der Waals surface area contributed by atoms with Crippen LogP contribution in [0.1, 0.15) is 121 Å². The lowest BCUT2D eigenvalue weighted by atomic mass is 9.60. The standard InChI is InChI=1S/C30H55NO4/c1-11-28(12-2)19-24(32)20-29(13-3,14-4)31(28)35-25-18-23(17-16-22(6)7)30(21-25,27(8,9)10)26(33)34-15-5/h16-17,22-25,32H,11-15,18-21H2,1-10H3/b17-16+. The molecule has 0 amide bonds. The average molecular weight is 494 g/mol. The number of hydroxylamine groups is 2. The zero-order chi connectivity index (χ0) is 26.7. The lowest BCUT2D eigenvalue weighted by Crippen LogP contribution is -2.66. The van der Waals surface area contributed by atoms with Crippen LogP contribution in [0.25, 0.3) is 0 Å². The van der Waals surface area contributed by atoms with Crippen molar-refractivity contribution in [1.82, 2.24) is 5.06 Å². The van der Waals surface area contributed by atoms with Crippen LogP contribution < -0.4 is 0 Å². The van der Waals surface area contributed by atoms with Crippen molar-refractivity contribution in [2.75, 3.05) is 6.61 Å². The third-order valence-electron chi connectivity index (χ3n) is 9.39. The molecule has 2 aliphatic rings. The topological polar surface area (TPSA) is 59.0 Å². The Balaban J connectivity index is 2.55. The molecule has 1 aliphatic heterocycles. The van der Waals surface area contributed by atoms with Gasteiger partial charge in [0.05, 0.1) is 24.2 Å². The van der Waals surface area contributed by atoms with Gasteiger partial charge in [0, 0.05) is 11.1 Å². The highest BCUT2D eigenvalue weighted by Crippen LogP contribution is 2.58. The fourth-order valence-electron chi connectivity index (χ4n) is 7.06. The van der Waals surface area contributed by atoms with Crippen molar-refractivity contribution in [3.05, 3.63) is 12.2 Å². The molecular weight excluding hydrogens is 438 g/mol. The maximum Gasteiger partial charge on any atom is 0.313 e. The van der Waals surface area contributed by atoms with Gasteiger partial charge >= 0.3 is 5.97 Å². The third kappa shape index (κ3) is 5.67. The molecule has 1 N–H and O–H groups in total. The van der Waals surface area contributed by atoms with Gasteiger partial charge in [-0.25, -0.2) is 0 Å². The van der Waals surface area contributed by atoms with Gasteiger partial charge in [0.1, 0.15) is 0 Å². The second-order valence-corrected chi connectivity index (χ2v) is 12.6. The predicted molar refractivity (Wildman–Crippen MR) is 144 cm³/mol. The second kappa shape index (κ2) is 11.6. The summed E-state index contributed by atoms with van der Waals surface area (Å²) in [7, 11) is 0. The normalized spacial score (nSPS) is 29.8. The van der Waals surface area contributed by atoms with Gasteiger partial charge in [-0.15, -0.1) is 0 Å². The Morgan fingerprint density at radius 1 is 1.00 bits per heavy atom. The zero-order valence-corrected chi connectivity index (χ0v) is 24.4. The van der Waals surface area contributed by atoms with Gasteiger partial charge in [0.2, 0.25) is 0 Å². The van der Waals surface area contributed by atoms with Gasteiger partial charge in [0.25, 0.3) is 0 Å². The maximum absolute atomic E-state index is 13.7. The van der Waals surface area contributed by atoms with Crippen LogP contribution in [0.4, 0.5) is 0 Å². The van der Waals surface area contributed by atoms with Gasteiger partial charge in [-0.2, -0.15) is 5.06 Å². The van der Waals surface area contributed by atoms with E-state index in [4.69, 9.17) is 9.57 Å². The molecular formula is C30H55NO4. The number of piperidine rings is 1. The number of allylic oxidation sites excluding steroid dienone is 2. The quantitative estimate of drug-likeness (QED) is 0.260. The Kier molecular flexibility index (Phi) is 10.1. The van der Waals surface area contributed by atoms with E-state index >= 15 is 0 Å².